The molecule has 29 heavy (non-hydrogen) atoms. The van der Waals surface area contributed by atoms with Gasteiger partial charge >= 0.3 is 0 Å². The Morgan fingerprint density at radius 2 is 1.90 bits per heavy atom. The number of aryl methyl sites for hydroxylation is 1. The van der Waals surface area contributed by atoms with Crippen molar-refractivity contribution in [1.29, 1.82) is 0 Å². The van der Waals surface area contributed by atoms with Gasteiger partial charge in [0, 0.05) is 18.3 Å². The fourth-order valence-corrected chi connectivity index (χ4v) is 3.48. The third-order valence-corrected chi connectivity index (χ3v) is 5.18. The van der Waals surface area contributed by atoms with Crippen molar-refractivity contribution in [3.63, 3.8) is 0 Å². The molecule has 5 nitrogen and oxygen atoms in total. The van der Waals surface area contributed by atoms with Gasteiger partial charge in [0.2, 0.25) is 5.91 Å². The molecule has 0 atom stereocenters. The second-order valence-corrected chi connectivity index (χ2v) is 7.36. The van der Waals surface area contributed by atoms with Crippen LogP contribution < -0.4 is 5.32 Å². The maximum atomic E-state index is 12.4. The van der Waals surface area contributed by atoms with Gasteiger partial charge in [0.15, 0.2) is 0 Å². The van der Waals surface area contributed by atoms with Crippen molar-refractivity contribution in [3.8, 4) is 11.1 Å². The van der Waals surface area contributed by atoms with Crippen molar-refractivity contribution in [2.75, 3.05) is 12.4 Å². The van der Waals surface area contributed by atoms with Crippen LogP contribution in [0.25, 0.3) is 11.1 Å². The zero-order valence-electron chi connectivity index (χ0n) is 16.2. The van der Waals surface area contributed by atoms with E-state index in [0.717, 1.165) is 33.7 Å². The lowest BCUT2D eigenvalue weighted by Gasteiger charge is -2.08. The first-order valence-electron chi connectivity index (χ1n) is 9.26. The van der Waals surface area contributed by atoms with Crippen LogP contribution in [-0.2, 0) is 16.1 Å². The Labute approximate surface area is 174 Å². The smallest absolute Gasteiger partial charge is 0.230 e. The summed E-state index contributed by atoms with van der Waals surface area (Å²) >= 11 is 6.21. The van der Waals surface area contributed by atoms with Crippen LogP contribution in [0.1, 0.15) is 23.2 Å². The number of ether oxygens (including phenoxy) is 1. The molecule has 0 saturated carbocycles. The van der Waals surface area contributed by atoms with Gasteiger partial charge in [-0.05, 0) is 59.5 Å². The number of rotatable bonds is 4. The molecule has 6 heteroatoms. The Balaban J connectivity index is 1.75. The lowest BCUT2D eigenvalue weighted by atomic mass is 9.99. The number of anilines is 1. The second-order valence-electron chi connectivity index (χ2n) is 6.95. The third-order valence-electron chi connectivity index (χ3n) is 4.77. The van der Waals surface area contributed by atoms with E-state index in [1.165, 1.54) is 0 Å². The fraction of sp³-hybridized carbons (Fsp3) is 0.174. The molecular formula is C23H20ClN3O2. The highest BCUT2D eigenvalue weighted by Crippen LogP contribution is 2.34. The molecule has 2 aromatic carbocycles. The van der Waals surface area contributed by atoms with E-state index in [2.05, 4.69) is 10.3 Å². The summed E-state index contributed by atoms with van der Waals surface area (Å²) in [6.45, 7) is 2.38. The number of methoxy groups -OCH3 is 1. The van der Waals surface area contributed by atoms with Crippen LogP contribution in [0, 0.1) is 6.92 Å². The Bertz CT molecular complexity index is 1120. The van der Waals surface area contributed by atoms with E-state index >= 15 is 0 Å². The summed E-state index contributed by atoms with van der Waals surface area (Å²) in [6, 6.07) is 15.6. The zero-order valence-corrected chi connectivity index (χ0v) is 17.0. The number of carbonyl (C=O) groups excluding carboxylic acids is 1. The van der Waals surface area contributed by atoms with Crippen LogP contribution in [0.15, 0.2) is 59.7 Å². The summed E-state index contributed by atoms with van der Waals surface area (Å²) in [4.78, 5) is 21.5. The van der Waals surface area contributed by atoms with Crippen LogP contribution in [-0.4, -0.2) is 23.7 Å². The number of benzene rings is 2. The average molecular weight is 406 g/mol. The minimum absolute atomic E-state index is 0.112. The summed E-state index contributed by atoms with van der Waals surface area (Å²) in [7, 11) is 1.65. The number of amides is 1. The van der Waals surface area contributed by atoms with Crippen molar-refractivity contribution < 1.29 is 9.53 Å². The maximum Gasteiger partial charge on any atom is 0.230 e. The van der Waals surface area contributed by atoms with Crippen LogP contribution in [0.2, 0.25) is 5.02 Å². The Morgan fingerprint density at radius 1 is 1.10 bits per heavy atom. The standard InChI is InChI=1S/C23H20ClN3O2/c1-14-8-21-22(11-19(14)24)27-23(28)12-20(26-21)17-5-3-4-15(9-17)16-6-7-25-18(10-16)13-29-2/h3-11H,12-13H2,1-2H3,(H,27,28). The molecule has 1 aliphatic rings. The lowest BCUT2D eigenvalue weighted by Crippen LogP contribution is -2.15. The minimum atomic E-state index is -0.112. The summed E-state index contributed by atoms with van der Waals surface area (Å²) in [5, 5.41) is 3.50. The van der Waals surface area contributed by atoms with Gasteiger partial charge in [-0.2, -0.15) is 0 Å². The van der Waals surface area contributed by atoms with Crippen LogP contribution in [0.4, 0.5) is 11.4 Å². The predicted octanol–water partition coefficient (Wildman–Crippen LogP) is 5.32. The fourth-order valence-electron chi connectivity index (χ4n) is 3.32. The van der Waals surface area contributed by atoms with Crippen molar-refractivity contribution in [1.82, 2.24) is 4.98 Å². The Morgan fingerprint density at radius 3 is 2.72 bits per heavy atom. The minimum Gasteiger partial charge on any atom is -0.378 e. The highest BCUT2D eigenvalue weighted by atomic mass is 35.5. The molecule has 1 aromatic heterocycles. The number of pyridine rings is 1. The Kier molecular flexibility index (Phi) is 5.43. The van der Waals surface area contributed by atoms with Crippen LogP contribution in [0.3, 0.4) is 0 Å². The average Bonchev–Trinajstić information content (AvgIpc) is 2.87. The molecule has 1 N–H and O–H groups in total. The largest absolute Gasteiger partial charge is 0.378 e. The monoisotopic (exact) mass is 405 g/mol. The summed E-state index contributed by atoms with van der Waals surface area (Å²) in [5.41, 5.74) is 6.82. The lowest BCUT2D eigenvalue weighted by molar-refractivity contribution is -0.115. The molecule has 1 amide bonds. The Hall–Kier alpha value is -3.02. The SMILES string of the molecule is COCc1cc(-c2cccc(C3=Nc4cc(C)c(Cl)cc4NC(=O)C3)c2)ccn1. The molecule has 0 saturated heterocycles. The quantitative estimate of drug-likeness (QED) is 0.638. The molecule has 146 valence electrons. The first-order chi connectivity index (χ1) is 14.0. The highest BCUT2D eigenvalue weighted by Gasteiger charge is 2.18. The molecule has 0 spiro atoms. The van der Waals surface area contributed by atoms with E-state index in [4.69, 9.17) is 21.3 Å². The van der Waals surface area contributed by atoms with Crippen LogP contribution in [0.5, 0.6) is 0 Å². The maximum absolute atomic E-state index is 12.4. The third kappa shape index (κ3) is 4.21. The van der Waals surface area contributed by atoms with Gasteiger partial charge in [0.05, 0.1) is 35.8 Å². The molecule has 2 heterocycles. The summed E-state index contributed by atoms with van der Waals surface area (Å²) in [6.07, 6.45) is 1.97. The van der Waals surface area contributed by atoms with Gasteiger partial charge in [0.25, 0.3) is 0 Å². The number of aromatic nitrogens is 1. The van der Waals surface area contributed by atoms with E-state index in [1.807, 2.05) is 49.4 Å². The second kappa shape index (κ2) is 8.15. The van der Waals surface area contributed by atoms with E-state index in [-0.39, 0.29) is 12.3 Å². The van der Waals surface area contributed by atoms with Gasteiger partial charge in [0.1, 0.15) is 0 Å². The molecule has 3 aromatic rings. The number of hydrogen-bond donors (Lipinski definition) is 1. The van der Waals surface area contributed by atoms with Crippen LogP contribution >= 0.6 is 11.6 Å². The van der Waals surface area contributed by atoms with Gasteiger partial charge in [-0.3, -0.25) is 14.8 Å². The normalized spacial score (nSPS) is 13.3. The van der Waals surface area contributed by atoms with E-state index in [9.17, 15) is 4.79 Å². The number of fused-ring (bicyclic) bond motifs is 1. The van der Waals surface area contributed by atoms with E-state index < -0.39 is 0 Å². The van der Waals surface area contributed by atoms with Gasteiger partial charge in [-0.15, -0.1) is 0 Å². The predicted molar refractivity (Wildman–Crippen MR) is 116 cm³/mol. The van der Waals surface area contributed by atoms with Crippen molar-refractivity contribution in [3.05, 3.63) is 76.6 Å². The number of aliphatic imine (C=N–C) groups is 1. The zero-order chi connectivity index (χ0) is 20.4. The molecule has 4 rings (SSSR count). The molecule has 0 bridgehead atoms. The first-order valence-corrected chi connectivity index (χ1v) is 9.63. The number of carbonyl (C=O) groups is 1. The number of nitrogens with zero attached hydrogens (tertiary/aromatic N) is 2. The molecule has 0 aliphatic carbocycles. The summed E-state index contributed by atoms with van der Waals surface area (Å²) in [5.74, 6) is -0.112. The van der Waals surface area contributed by atoms with Gasteiger partial charge in [-0.25, -0.2) is 0 Å². The summed E-state index contributed by atoms with van der Waals surface area (Å²) < 4.78 is 5.18. The van der Waals surface area contributed by atoms with Crippen molar-refractivity contribution in [2.24, 2.45) is 4.99 Å². The molecule has 0 fully saturated rings. The molecule has 0 radical (unpaired) electrons. The van der Waals surface area contributed by atoms with E-state index in [0.29, 0.717) is 23.0 Å². The van der Waals surface area contributed by atoms with Crippen molar-refractivity contribution >= 4 is 34.6 Å². The van der Waals surface area contributed by atoms with Crippen molar-refractivity contribution in [2.45, 2.75) is 20.0 Å². The first kappa shape index (κ1) is 19.3. The topological polar surface area (TPSA) is 63.6 Å². The van der Waals surface area contributed by atoms with Gasteiger partial charge in [-0.1, -0.05) is 29.8 Å². The molecular weight excluding hydrogens is 386 g/mol. The highest BCUT2D eigenvalue weighted by molar-refractivity contribution is 6.32. The number of hydrogen-bond acceptors (Lipinski definition) is 4. The van der Waals surface area contributed by atoms with E-state index in [1.54, 1.807) is 19.4 Å². The van der Waals surface area contributed by atoms with Gasteiger partial charge < -0.3 is 10.1 Å². The number of halogens is 1. The molecule has 0 unspecified atom stereocenters. The molecule has 1 aliphatic heterocycles. The number of nitrogens with one attached hydrogen (secondary N) is 1.